The molecule has 0 saturated carbocycles. The van der Waals surface area contributed by atoms with Crippen LogP contribution in [0.15, 0.2) is 12.2 Å². The van der Waals surface area contributed by atoms with Crippen LogP contribution in [-0.2, 0) is 0 Å². The molecule has 0 bridgehead atoms. The second kappa shape index (κ2) is 4.74. The molecule has 0 radical (unpaired) electrons. The molecule has 0 fully saturated rings. The van der Waals surface area contributed by atoms with Crippen LogP contribution in [0.4, 0.5) is 0 Å². The van der Waals surface area contributed by atoms with Gasteiger partial charge in [0.05, 0.1) is 5.69 Å². The molecule has 1 aromatic rings. The van der Waals surface area contributed by atoms with E-state index in [1.165, 1.54) is 0 Å². The van der Waals surface area contributed by atoms with Gasteiger partial charge in [0.15, 0.2) is 0 Å². The van der Waals surface area contributed by atoms with E-state index in [2.05, 4.69) is 24.2 Å². The quantitative estimate of drug-likeness (QED) is 0.735. The van der Waals surface area contributed by atoms with Gasteiger partial charge in [-0.25, -0.2) is 4.68 Å². The minimum absolute atomic E-state index is 0.340. The van der Waals surface area contributed by atoms with E-state index in [-0.39, 0.29) is 0 Å². The highest BCUT2D eigenvalue weighted by Gasteiger charge is 2.09. The Morgan fingerprint density at radius 2 is 1.79 bits per heavy atom. The zero-order valence-electron chi connectivity index (χ0n) is 9.23. The Balaban J connectivity index is 3.19. The summed E-state index contributed by atoms with van der Waals surface area (Å²) >= 11 is 0. The highest BCUT2D eigenvalue weighted by Crippen LogP contribution is 2.14. The number of hydrogen-bond donors (Lipinski definition) is 0. The van der Waals surface area contributed by atoms with Gasteiger partial charge in [-0.05, 0) is 39.8 Å². The molecule has 0 aromatic carbocycles. The van der Waals surface area contributed by atoms with Crippen LogP contribution in [0.2, 0.25) is 0 Å². The molecule has 0 saturated heterocycles. The molecule has 0 aliphatic rings. The third-order valence-electron chi connectivity index (χ3n) is 1.90. The fourth-order valence-electron chi connectivity index (χ4n) is 1.29. The predicted molar refractivity (Wildman–Crippen MR) is 59.8 cm³/mol. The molecule has 0 atom stereocenters. The molecule has 0 unspecified atom stereocenters. The van der Waals surface area contributed by atoms with Crippen molar-refractivity contribution in [2.45, 2.75) is 33.7 Å². The first-order valence-electron chi connectivity index (χ1n) is 4.91. The average Bonchev–Trinajstić information content (AvgIpc) is 2.50. The summed E-state index contributed by atoms with van der Waals surface area (Å²) in [4.78, 5) is 0. The molecule has 0 aliphatic heterocycles. The van der Waals surface area contributed by atoms with E-state index in [0.717, 1.165) is 11.4 Å². The van der Waals surface area contributed by atoms with E-state index in [4.69, 9.17) is 0 Å². The van der Waals surface area contributed by atoms with E-state index in [1.807, 2.05) is 42.8 Å². The minimum Gasteiger partial charge on any atom is -0.242 e. The van der Waals surface area contributed by atoms with E-state index in [9.17, 15) is 0 Å². The summed E-state index contributed by atoms with van der Waals surface area (Å²) in [5, 5.41) is 8.24. The van der Waals surface area contributed by atoms with Crippen molar-refractivity contribution in [1.29, 1.82) is 0 Å². The van der Waals surface area contributed by atoms with Crippen LogP contribution in [0.25, 0.3) is 12.2 Å². The third-order valence-corrected chi connectivity index (χ3v) is 1.90. The monoisotopic (exact) mass is 191 g/mol. The molecule has 1 heterocycles. The van der Waals surface area contributed by atoms with Crippen molar-refractivity contribution in [3.05, 3.63) is 23.5 Å². The van der Waals surface area contributed by atoms with Gasteiger partial charge < -0.3 is 0 Å². The van der Waals surface area contributed by atoms with Crippen LogP contribution in [-0.4, -0.2) is 15.0 Å². The van der Waals surface area contributed by atoms with Crippen molar-refractivity contribution in [2.24, 2.45) is 0 Å². The minimum atomic E-state index is 0.340. The second-order valence-electron chi connectivity index (χ2n) is 3.40. The maximum atomic E-state index is 4.12. The van der Waals surface area contributed by atoms with E-state index >= 15 is 0 Å². The standard InChI is InChI=1S/C11H17N3/c1-5-7-10-11(8-6-2)14(9(3)4)13-12-10/h5-9H,1-4H3/b7-5-,8-6-. The number of hydrogen-bond acceptors (Lipinski definition) is 2. The molecule has 3 nitrogen and oxygen atoms in total. The molecule has 0 aliphatic carbocycles. The Kier molecular flexibility index (Phi) is 3.63. The lowest BCUT2D eigenvalue weighted by molar-refractivity contribution is 0.510. The largest absolute Gasteiger partial charge is 0.242 e. The lowest BCUT2D eigenvalue weighted by atomic mass is 10.2. The van der Waals surface area contributed by atoms with Crippen molar-refractivity contribution in [3.8, 4) is 0 Å². The molecular formula is C11H17N3. The Hall–Kier alpha value is -1.38. The normalized spacial score (nSPS) is 12.4. The molecule has 0 amide bonds. The van der Waals surface area contributed by atoms with Crippen molar-refractivity contribution in [1.82, 2.24) is 15.0 Å². The topological polar surface area (TPSA) is 30.7 Å². The van der Waals surface area contributed by atoms with Gasteiger partial charge in [-0.15, -0.1) is 5.10 Å². The van der Waals surface area contributed by atoms with Gasteiger partial charge in [0, 0.05) is 6.04 Å². The first-order valence-corrected chi connectivity index (χ1v) is 4.91. The number of nitrogens with zero attached hydrogens (tertiary/aromatic N) is 3. The fraction of sp³-hybridized carbons (Fsp3) is 0.455. The van der Waals surface area contributed by atoms with Crippen LogP contribution in [0.5, 0.6) is 0 Å². The SMILES string of the molecule is C/C=C\c1nnn(C(C)C)c1/C=C\C. The molecule has 0 N–H and O–H groups in total. The summed E-state index contributed by atoms with van der Waals surface area (Å²) in [6.07, 6.45) is 7.99. The maximum Gasteiger partial charge on any atom is 0.112 e. The van der Waals surface area contributed by atoms with Gasteiger partial charge in [-0.1, -0.05) is 17.4 Å². The molecule has 76 valence electrons. The zero-order valence-corrected chi connectivity index (χ0v) is 9.23. The smallest absolute Gasteiger partial charge is 0.112 e. The maximum absolute atomic E-state index is 4.12. The van der Waals surface area contributed by atoms with Crippen LogP contribution in [0.1, 0.15) is 45.1 Å². The number of rotatable bonds is 3. The predicted octanol–water partition coefficient (Wildman–Crippen LogP) is 2.93. The highest BCUT2D eigenvalue weighted by atomic mass is 15.4. The van der Waals surface area contributed by atoms with Gasteiger partial charge in [0.25, 0.3) is 0 Å². The van der Waals surface area contributed by atoms with Crippen LogP contribution >= 0.6 is 0 Å². The Labute approximate surface area is 85.1 Å². The molecule has 14 heavy (non-hydrogen) atoms. The van der Waals surface area contributed by atoms with E-state index in [1.54, 1.807) is 0 Å². The molecule has 3 heteroatoms. The van der Waals surface area contributed by atoms with Gasteiger partial charge in [-0.2, -0.15) is 0 Å². The molecule has 0 spiro atoms. The Morgan fingerprint density at radius 3 is 2.29 bits per heavy atom. The summed E-state index contributed by atoms with van der Waals surface area (Å²) in [5.74, 6) is 0. The first-order chi connectivity index (χ1) is 6.70. The number of allylic oxidation sites excluding steroid dienone is 2. The van der Waals surface area contributed by atoms with Gasteiger partial charge >= 0.3 is 0 Å². The molecule has 1 rings (SSSR count). The lowest BCUT2D eigenvalue weighted by Crippen LogP contribution is -2.05. The van der Waals surface area contributed by atoms with Gasteiger partial charge in [0.1, 0.15) is 5.69 Å². The van der Waals surface area contributed by atoms with E-state index in [0.29, 0.717) is 6.04 Å². The second-order valence-corrected chi connectivity index (χ2v) is 3.40. The molecular weight excluding hydrogens is 174 g/mol. The van der Waals surface area contributed by atoms with Crippen LogP contribution < -0.4 is 0 Å². The average molecular weight is 191 g/mol. The third kappa shape index (κ3) is 2.10. The summed E-state index contributed by atoms with van der Waals surface area (Å²) in [6.45, 7) is 8.17. The Bertz CT molecular complexity index is 345. The zero-order chi connectivity index (χ0) is 10.6. The fourth-order valence-corrected chi connectivity index (χ4v) is 1.29. The summed E-state index contributed by atoms with van der Waals surface area (Å²) in [7, 11) is 0. The van der Waals surface area contributed by atoms with Gasteiger partial charge in [-0.3, -0.25) is 0 Å². The highest BCUT2D eigenvalue weighted by molar-refractivity contribution is 5.58. The van der Waals surface area contributed by atoms with Gasteiger partial charge in [0.2, 0.25) is 0 Å². The Morgan fingerprint density at radius 1 is 1.14 bits per heavy atom. The van der Waals surface area contributed by atoms with Crippen LogP contribution in [0, 0.1) is 0 Å². The van der Waals surface area contributed by atoms with E-state index < -0.39 is 0 Å². The first kappa shape index (κ1) is 10.7. The van der Waals surface area contributed by atoms with Crippen molar-refractivity contribution < 1.29 is 0 Å². The van der Waals surface area contributed by atoms with Crippen LogP contribution in [0.3, 0.4) is 0 Å². The summed E-state index contributed by atoms with van der Waals surface area (Å²) in [6, 6.07) is 0.340. The van der Waals surface area contributed by atoms with Crippen molar-refractivity contribution in [2.75, 3.05) is 0 Å². The molecule has 1 aromatic heterocycles. The van der Waals surface area contributed by atoms with Crippen molar-refractivity contribution >= 4 is 12.2 Å². The van der Waals surface area contributed by atoms with Crippen molar-refractivity contribution in [3.63, 3.8) is 0 Å². The lowest BCUT2D eigenvalue weighted by Gasteiger charge is -2.06. The summed E-state index contributed by atoms with van der Waals surface area (Å²) in [5.41, 5.74) is 2.00. The number of aromatic nitrogens is 3. The summed E-state index contributed by atoms with van der Waals surface area (Å²) < 4.78 is 1.93.